The van der Waals surface area contributed by atoms with Crippen molar-refractivity contribution in [3.8, 4) is 5.75 Å². The number of hydrogen-bond acceptors (Lipinski definition) is 4. The van der Waals surface area contributed by atoms with Gasteiger partial charge in [-0.1, -0.05) is 48.5 Å². The third-order valence-electron chi connectivity index (χ3n) is 4.24. The van der Waals surface area contributed by atoms with Crippen LogP contribution < -0.4 is 10.2 Å². The quantitative estimate of drug-likeness (QED) is 0.414. The van der Waals surface area contributed by atoms with Crippen LogP contribution in [0.15, 0.2) is 76.2 Å². The molecule has 0 spiro atoms. The van der Waals surface area contributed by atoms with E-state index < -0.39 is 5.91 Å². The number of hydrazone groups is 1. The smallest absolute Gasteiger partial charge is 0.307 e. The molecular formula is C22H18N2O3. The van der Waals surface area contributed by atoms with Gasteiger partial charge in [-0.3, -0.25) is 4.79 Å². The van der Waals surface area contributed by atoms with E-state index in [4.69, 9.17) is 9.15 Å². The number of carbonyl (C=O) groups excluding carboxylic acids is 1. The van der Waals surface area contributed by atoms with Crippen molar-refractivity contribution in [1.29, 1.82) is 0 Å². The predicted molar refractivity (Wildman–Crippen MR) is 106 cm³/mol. The number of carbonyl (C=O) groups is 1. The summed E-state index contributed by atoms with van der Waals surface area (Å²) in [6.07, 6.45) is 1.61. The lowest BCUT2D eigenvalue weighted by Gasteiger charge is -2.10. The van der Waals surface area contributed by atoms with Crippen LogP contribution in [0.2, 0.25) is 0 Å². The molecular weight excluding hydrogens is 340 g/mol. The Labute approximate surface area is 156 Å². The highest BCUT2D eigenvalue weighted by Crippen LogP contribution is 2.26. The minimum atomic E-state index is -0.402. The van der Waals surface area contributed by atoms with E-state index in [0.29, 0.717) is 12.2 Å². The summed E-state index contributed by atoms with van der Waals surface area (Å²) in [4.78, 5) is 12.3. The summed E-state index contributed by atoms with van der Waals surface area (Å²) < 4.78 is 11.3. The van der Waals surface area contributed by atoms with Crippen molar-refractivity contribution < 1.29 is 13.9 Å². The summed E-state index contributed by atoms with van der Waals surface area (Å²) in [7, 11) is 0. The van der Waals surface area contributed by atoms with Crippen molar-refractivity contribution in [3.05, 3.63) is 78.1 Å². The highest BCUT2D eigenvalue weighted by Gasteiger charge is 2.11. The Hall–Kier alpha value is -3.60. The van der Waals surface area contributed by atoms with Gasteiger partial charge in [0.2, 0.25) is 0 Å². The van der Waals surface area contributed by atoms with E-state index in [1.54, 1.807) is 12.3 Å². The minimum absolute atomic E-state index is 0.219. The highest BCUT2D eigenvalue weighted by molar-refractivity contribution is 6.03. The zero-order valence-corrected chi connectivity index (χ0v) is 14.8. The second-order valence-electron chi connectivity index (χ2n) is 5.98. The zero-order valence-electron chi connectivity index (χ0n) is 14.8. The molecule has 0 bridgehead atoms. The SMILES string of the molecule is CCOc1ccc2ccccc2c1/C=N/NC(=O)c1cc2ccccc2o1. The number of ether oxygens (including phenoxy) is 1. The third kappa shape index (κ3) is 3.40. The number of nitrogens with zero attached hydrogens (tertiary/aromatic N) is 1. The lowest BCUT2D eigenvalue weighted by Crippen LogP contribution is -2.16. The lowest BCUT2D eigenvalue weighted by molar-refractivity contribution is 0.0929. The molecule has 5 nitrogen and oxygen atoms in total. The van der Waals surface area contributed by atoms with Crippen molar-refractivity contribution in [2.75, 3.05) is 6.61 Å². The van der Waals surface area contributed by atoms with Crippen molar-refractivity contribution in [2.45, 2.75) is 6.92 Å². The molecule has 0 fully saturated rings. The maximum Gasteiger partial charge on any atom is 0.307 e. The normalized spacial score (nSPS) is 11.3. The molecule has 0 saturated heterocycles. The maximum absolute atomic E-state index is 12.3. The molecule has 5 heteroatoms. The number of fused-ring (bicyclic) bond motifs is 2. The lowest BCUT2D eigenvalue weighted by atomic mass is 10.0. The largest absolute Gasteiger partial charge is 0.493 e. The van der Waals surface area contributed by atoms with Gasteiger partial charge in [0.1, 0.15) is 11.3 Å². The molecule has 1 heterocycles. The van der Waals surface area contributed by atoms with Gasteiger partial charge >= 0.3 is 5.91 Å². The fraction of sp³-hybridized carbons (Fsp3) is 0.0909. The number of amides is 1. The Morgan fingerprint density at radius 3 is 2.67 bits per heavy atom. The molecule has 0 saturated carbocycles. The first-order chi connectivity index (χ1) is 13.3. The summed E-state index contributed by atoms with van der Waals surface area (Å²) in [6, 6.07) is 21.0. The van der Waals surface area contributed by atoms with E-state index >= 15 is 0 Å². The summed E-state index contributed by atoms with van der Waals surface area (Å²) in [5.74, 6) is 0.537. The minimum Gasteiger partial charge on any atom is -0.493 e. The van der Waals surface area contributed by atoms with Crippen LogP contribution >= 0.6 is 0 Å². The number of nitrogens with one attached hydrogen (secondary N) is 1. The van der Waals surface area contributed by atoms with Gasteiger partial charge in [0.25, 0.3) is 0 Å². The first-order valence-corrected chi connectivity index (χ1v) is 8.73. The maximum atomic E-state index is 12.3. The molecule has 3 aromatic carbocycles. The Morgan fingerprint density at radius 1 is 1.07 bits per heavy atom. The van der Waals surface area contributed by atoms with Gasteiger partial charge in [-0.25, -0.2) is 5.43 Å². The molecule has 1 aromatic heterocycles. The van der Waals surface area contributed by atoms with Crippen LogP contribution in [0.1, 0.15) is 23.0 Å². The Morgan fingerprint density at radius 2 is 1.85 bits per heavy atom. The van der Waals surface area contributed by atoms with E-state index in [9.17, 15) is 4.79 Å². The Balaban J connectivity index is 1.60. The van der Waals surface area contributed by atoms with Crippen LogP contribution in [0.5, 0.6) is 5.75 Å². The van der Waals surface area contributed by atoms with Crippen molar-refractivity contribution in [3.63, 3.8) is 0 Å². The third-order valence-corrected chi connectivity index (χ3v) is 4.24. The average molecular weight is 358 g/mol. The summed E-state index contributed by atoms with van der Waals surface area (Å²) >= 11 is 0. The molecule has 0 atom stereocenters. The number of hydrogen-bond donors (Lipinski definition) is 1. The average Bonchev–Trinajstić information content (AvgIpc) is 3.14. The topological polar surface area (TPSA) is 63.8 Å². The van der Waals surface area contributed by atoms with E-state index in [1.807, 2.05) is 67.6 Å². The molecule has 0 aliphatic rings. The first kappa shape index (κ1) is 16.8. The van der Waals surface area contributed by atoms with Crippen molar-refractivity contribution >= 4 is 33.9 Å². The van der Waals surface area contributed by atoms with Crippen LogP contribution in [-0.2, 0) is 0 Å². The molecule has 27 heavy (non-hydrogen) atoms. The van der Waals surface area contributed by atoms with Crippen LogP contribution in [0.3, 0.4) is 0 Å². The number of furan rings is 1. The summed E-state index contributed by atoms with van der Waals surface area (Å²) in [6.45, 7) is 2.48. The molecule has 0 aliphatic carbocycles. The number of benzene rings is 3. The van der Waals surface area contributed by atoms with Gasteiger partial charge < -0.3 is 9.15 Å². The molecule has 1 amide bonds. The van der Waals surface area contributed by atoms with E-state index in [1.165, 1.54) is 0 Å². The van der Waals surface area contributed by atoms with E-state index in [2.05, 4.69) is 10.5 Å². The fourth-order valence-electron chi connectivity index (χ4n) is 2.99. The van der Waals surface area contributed by atoms with Crippen molar-refractivity contribution in [2.24, 2.45) is 5.10 Å². The van der Waals surface area contributed by atoms with Gasteiger partial charge in [0, 0.05) is 10.9 Å². The predicted octanol–water partition coefficient (Wildman–Crippen LogP) is 4.75. The Bertz CT molecular complexity index is 1110. The van der Waals surface area contributed by atoms with Gasteiger partial charge in [-0.15, -0.1) is 0 Å². The monoisotopic (exact) mass is 358 g/mol. The molecule has 0 unspecified atom stereocenters. The molecule has 4 aromatic rings. The van der Waals surface area contributed by atoms with Gasteiger partial charge in [-0.2, -0.15) is 5.10 Å². The molecule has 0 radical (unpaired) electrons. The first-order valence-electron chi connectivity index (χ1n) is 8.73. The van der Waals surface area contributed by atoms with Crippen molar-refractivity contribution in [1.82, 2.24) is 5.43 Å². The van der Waals surface area contributed by atoms with Gasteiger partial charge in [-0.05, 0) is 35.9 Å². The number of rotatable bonds is 5. The van der Waals surface area contributed by atoms with Gasteiger partial charge in [0.15, 0.2) is 5.76 Å². The van der Waals surface area contributed by atoms with E-state index in [0.717, 1.165) is 27.5 Å². The van der Waals surface area contributed by atoms with Crippen LogP contribution in [0.4, 0.5) is 0 Å². The molecule has 0 aliphatic heterocycles. The standard InChI is InChI=1S/C22H18N2O3/c1-2-26-20-12-11-15-7-3-5-9-17(15)18(20)14-23-24-22(25)21-13-16-8-4-6-10-19(16)27-21/h3-14H,2H2,1H3,(H,24,25)/b23-14+. The van der Waals surface area contributed by atoms with Crippen LogP contribution in [-0.4, -0.2) is 18.7 Å². The van der Waals surface area contributed by atoms with E-state index in [-0.39, 0.29) is 5.76 Å². The summed E-state index contributed by atoms with van der Waals surface area (Å²) in [5, 5.41) is 7.07. The van der Waals surface area contributed by atoms with Crippen LogP contribution in [0, 0.1) is 0 Å². The zero-order chi connectivity index (χ0) is 18.6. The second-order valence-corrected chi connectivity index (χ2v) is 5.98. The Kier molecular flexibility index (Phi) is 4.58. The molecule has 4 rings (SSSR count). The van der Waals surface area contributed by atoms with Gasteiger partial charge in [0.05, 0.1) is 12.8 Å². The second kappa shape index (κ2) is 7.33. The fourth-order valence-corrected chi connectivity index (χ4v) is 2.99. The number of para-hydroxylation sites is 1. The molecule has 1 N–H and O–H groups in total. The summed E-state index contributed by atoms with van der Waals surface area (Å²) in [5.41, 5.74) is 4.01. The molecule has 134 valence electrons. The van der Waals surface area contributed by atoms with Crippen LogP contribution in [0.25, 0.3) is 21.7 Å². The highest BCUT2D eigenvalue weighted by atomic mass is 16.5.